The average Bonchev–Trinajstić information content (AvgIpc) is 3.54. The first-order valence-corrected chi connectivity index (χ1v) is 13.7. The zero-order valence-corrected chi connectivity index (χ0v) is 20.7. The number of anilines is 2. The van der Waals surface area contributed by atoms with Crippen LogP contribution in [0.1, 0.15) is 48.9 Å². The van der Waals surface area contributed by atoms with Crippen LogP contribution < -0.4 is 10.6 Å². The predicted octanol–water partition coefficient (Wildman–Crippen LogP) is 6.70. The van der Waals surface area contributed by atoms with Gasteiger partial charge in [-0.3, -0.25) is 9.59 Å². The number of amides is 2. The van der Waals surface area contributed by atoms with Gasteiger partial charge < -0.3 is 15.6 Å². The molecule has 4 aliphatic carbocycles. The number of fused-ring (bicyclic) bond motifs is 1. The van der Waals surface area contributed by atoms with E-state index in [9.17, 15) is 9.59 Å². The van der Waals surface area contributed by atoms with Gasteiger partial charge in [0.15, 0.2) is 0 Å². The number of aromatic nitrogens is 2. The Morgan fingerprint density at radius 2 is 1.58 bits per heavy atom. The van der Waals surface area contributed by atoms with Gasteiger partial charge in [0, 0.05) is 22.3 Å². The molecule has 0 spiro atoms. The van der Waals surface area contributed by atoms with Crippen LogP contribution in [0.4, 0.5) is 11.4 Å². The van der Waals surface area contributed by atoms with Crippen molar-refractivity contribution in [2.24, 2.45) is 23.2 Å². The Bertz CT molecular complexity index is 1420. The Morgan fingerprint density at radius 1 is 0.889 bits per heavy atom. The van der Waals surface area contributed by atoms with E-state index in [1.165, 1.54) is 30.6 Å². The second-order valence-corrected chi connectivity index (χ2v) is 11.8. The van der Waals surface area contributed by atoms with Gasteiger partial charge in [0.1, 0.15) is 5.82 Å². The van der Waals surface area contributed by atoms with Gasteiger partial charge >= 0.3 is 0 Å². The summed E-state index contributed by atoms with van der Waals surface area (Å²) >= 11 is 1.50. The second kappa shape index (κ2) is 8.30. The number of carbonyl (C=O) groups excluding carboxylic acids is 2. The Morgan fingerprint density at radius 3 is 2.25 bits per heavy atom. The molecule has 3 N–H and O–H groups in total. The van der Waals surface area contributed by atoms with E-state index >= 15 is 0 Å². The molecule has 0 atom stereocenters. The fourth-order valence-electron chi connectivity index (χ4n) is 7.18. The highest BCUT2D eigenvalue weighted by Gasteiger charge is 2.54. The highest BCUT2D eigenvalue weighted by atomic mass is 32.1. The van der Waals surface area contributed by atoms with Crippen LogP contribution in [0, 0.1) is 23.2 Å². The van der Waals surface area contributed by atoms with Crippen molar-refractivity contribution in [3.8, 4) is 11.4 Å². The van der Waals surface area contributed by atoms with Crippen LogP contribution in [0.5, 0.6) is 0 Å². The first kappa shape index (κ1) is 21.8. The first-order valence-electron chi connectivity index (χ1n) is 12.8. The van der Waals surface area contributed by atoms with Crippen LogP contribution in [0.2, 0.25) is 0 Å². The zero-order valence-electron chi connectivity index (χ0n) is 19.9. The third-order valence-electron chi connectivity index (χ3n) is 8.46. The zero-order chi connectivity index (χ0) is 24.3. The number of thiophene rings is 1. The summed E-state index contributed by atoms with van der Waals surface area (Å²) < 4.78 is 0. The number of nitrogens with one attached hydrogen (secondary N) is 3. The molecule has 0 aliphatic heterocycles. The first-order chi connectivity index (χ1) is 17.5. The summed E-state index contributed by atoms with van der Waals surface area (Å²) in [6.07, 6.45) is 7.17. The molecule has 2 heterocycles. The summed E-state index contributed by atoms with van der Waals surface area (Å²) in [7, 11) is 0. The SMILES string of the molecule is O=C(Nc1ccc(-c2nc3ccc(NC(=O)C45CC6CC(CC(C6)C4)C5)cc3[nH]2)cc1)c1ccsc1. The highest BCUT2D eigenvalue weighted by Crippen LogP contribution is 2.60. The van der Waals surface area contributed by atoms with Crippen LogP contribution in [0.15, 0.2) is 59.3 Å². The lowest BCUT2D eigenvalue weighted by atomic mass is 9.49. The Kier molecular flexibility index (Phi) is 5.03. The fraction of sp³-hybridized carbons (Fsp3) is 0.345. The lowest BCUT2D eigenvalue weighted by molar-refractivity contribution is -0.140. The van der Waals surface area contributed by atoms with Gasteiger partial charge in [0.25, 0.3) is 5.91 Å². The number of benzene rings is 2. The minimum absolute atomic E-state index is 0.115. The maximum atomic E-state index is 13.4. The van der Waals surface area contributed by atoms with Crippen molar-refractivity contribution in [3.63, 3.8) is 0 Å². The molecule has 0 saturated heterocycles. The van der Waals surface area contributed by atoms with Gasteiger partial charge in [-0.1, -0.05) is 0 Å². The molecule has 4 aromatic rings. The summed E-state index contributed by atoms with van der Waals surface area (Å²) in [5, 5.41) is 9.89. The molecule has 2 amide bonds. The molecule has 2 aromatic heterocycles. The number of nitrogens with zero attached hydrogens (tertiary/aromatic N) is 1. The van der Waals surface area contributed by atoms with Crippen molar-refractivity contribution >= 4 is 45.6 Å². The molecule has 4 fully saturated rings. The number of hydrogen-bond donors (Lipinski definition) is 3. The van der Waals surface area contributed by atoms with Gasteiger partial charge in [-0.2, -0.15) is 11.3 Å². The Labute approximate surface area is 213 Å². The van der Waals surface area contributed by atoms with Gasteiger partial charge in [-0.15, -0.1) is 0 Å². The van der Waals surface area contributed by atoms with Crippen LogP contribution >= 0.6 is 11.3 Å². The van der Waals surface area contributed by atoms with Crippen molar-refractivity contribution < 1.29 is 9.59 Å². The molecule has 7 heteroatoms. The lowest BCUT2D eigenvalue weighted by Crippen LogP contribution is -2.51. The average molecular weight is 497 g/mol. The van der Waals surface area contributed by atoms with E-state index < -0.39 is 0 Å². The molecule has 4 aliphatic rings. The summed E-state index contributed by atoms with van der Waals surface area (Å²) in [5.41, 5.74) is 4.73. The molecule has 4 bridgehead atoms. The summed E-state index contributed by atoms with van der Waals surface area (Å²) in [6, 6.07) is 15.3. The highest BCUT2D eigenvalue weighted by molar-refractivity contribution is 7.08. The standard InChI is InChI=1S/C29H28N4O2S/c34-27(21-7-8-36-16-21)30-22-3-1-20(2-4-22)26-32-24-6-5-23(12-25(24)33-26)31-28(35)29-13-17-9-18(14-29)11-19(10-17)15-29/h1-8,12,16-19H,9-11,13-15H2,(H,30,34)(H,31,35)(H,32,33). The molecule has 182 valence electrons. The normalized spacial score (nSPS) is 26.3. The molecule has 6 nitrogen and oxygen atoms in total. The molecule has 4 saturated carbocycles. The van der Waals surface area contributed by atoms with E-state index in [4.69, 9.17) is 4.98 Å². The smallest absolute Gasteiger partial charge is 0.256 e. The van der Waals surface area contributed by atoms with Crippen LogP contribution in [-0.4, -0.2) is 21.8 Å². The van der Waals surface area contributed by atoms with E-state index in [0.717, 1.165) is 70.8 Å². The van der Waals surface area contributed by atoms with E-state index in [0.29, 0.717) is 5.56 Å². The molecule has 0 unspecified atom stereocenters. The van der Waals surface area contributed by atoms with Crippen LogP contribution in [0.25, 0.3) is 22.4 Å². The number of H-pyrrole nitrogens is 1. The molecular formula is C29H28N4O2S. The number of hydrogen-bond acceptors (Lipinski definition) is 4. The maximum Gasteiger partial charge on any atom is 0.256 e. The van der Waals surface area contributed by atoms with Gasteiger partial charge in [-0.25, -0.2) is 4.98 Å². The van der Waals surface area contributed by atoms with Crippen molar-refractivity contribution in [2.75, 3.05) is 10.6 Å². The van der Waals surface area contributed by atoms with E-state index in [1.807, 2.05) is 59.3 Å². The van der Waals surface area contributed by atoms with Gasteiger partial charge in [-0.05, 0) is 110 Å². The number of aromatic amines is 1. The minimum Gasteiger partial charge on any atom is -0.338 e. The van der Waals surface area contributed by atoms with Gasteiger partial charge in [0.2, 0.25) is 5.91 Å². The van der Waals surface area contributed by atoms with Crippen molar-refractivity contribution in [1.29, 1.82) is 0 Å². The van der Waals surface area contributed by atoms with E-state index in [1.54, 1.807) is 0 Å². The third kappa shape index (κ3) is 3.82. The Balaban J connectivity index is 1.07. The summed E-state index contributed by atoms with van der Waals surface area (Å²) in [5.74, 6) is 3.09. The van der Waals surface area contributed by atoms with Crippen molar-refractivity contribution in [3.05, 3.63) is 64.9 Å². The van der Waals surface area contributed by atoms with E-state index in [2.05, 4.69) is 15.6 Å². The minimum atomic E-state index is -0.163. The third-order valence-corrected chi connectivity index (χ3v) is 9.14. The topological polar surface area (TPSA) is 86.9 Å². The summed E-state index contributed by atoms with van der Waals surface area (Å²) in [6.45, 7) is 0. The monoisotopic (exact) mass is 496 g/mol. The molecule has 36 heavy (non-hydrogen) atoms. The number of imidazole rings is 1. The molecular weight excluding hydrogens is 468 g/mol. The van der Waals surface area contributed by atoms with Crippen molar-refractivity contribution in [1.82, 2.24) is 9.97 Å². The summed E-state index contributed by atoms with van der Waals surface area (Å²) in [4.78, 5) is 33.9. The Hall–Kier alpha value is -3.45. The van der Waals surface area contributed by atoms with Crippen molar-refractivity contribution in [2.45, 2.75) is 38.5 Å². The molecule has 0 radical (unpaired) electrons. The maximum absolute atomic E-state index is 13.4. The molecule has 2 aromatic carbocycles. The molecule has 8 rings (SSSR count). The van der Waals surface area contributed by atoms with Gasteiger partial charge in [0.05, 0.1) is 22.0 Å². The number of rotatable bonds is 5. The number of carbonyl (C=O) groups is 2. The van der Waals surface area contributed by atoms with E-state index in [-0.39, 0.29) is 17.2 Å². The quantitative estimate of drug-likeness (QED) is 0.287. The fourth-order valence-corrected chi connectivity index (χ4v) is 7.82. The second-order valence-electron chi connectivity index (χ2n) is 11.0. The predicted molar refractivity (Wildman–Crippen MR) is 143 cm³/mol. The largest absolute Gasteiger partial charge is 0.338 e. The van der Waals surface area contributed by atoms with Crippen LogP contribution in [-0.2, 0) is 4.79 Å². The van der Waals surface area contributed by atoms with Crippen LogP contribution in [0.3, 0.4) is 0 Å². The lowest BCUT2D eigenvalue weighted by Gasteiger charge is -2.55.